The lowest BCUT2D eigenvalue weighted by Crippen LogP contribution is -2.48. The fourth-order valence-electron chi connectivity index (χ4n) is 4.44. The monoisotopic (exact) mass is 342 g/mol. The van der Waals surface area contributed by atoms with E-state index in [1.807, 2.05) is 30.2 Å². The molecule has 2 aliphatic rings. The van der Waals surface area contributed by atoms with Crippen molar-refractivity contribution >= 4 is 11.7 Å². The Morgan fingerprint density at radius 2 is 1.92 bits per heavy atom. The number of hydrogen-bond acceptors (Lipinski definition) is 4. The van der Waals surface area contributed by atoms with Crippen LogP contribution in [-0.4, -0.2) is 43.3 Å². The highest BCUT2D eigenvalue weighted by molar-refractivity contribution is 5.69. The van der Waals surface area contributed by atoms with Gasteiger partial charge >= 0.3 is 6.09 Å². The highest BCUT2D eigenvalue weighted by Crippen LogP contribution is 2.44. The summed E-state index contributed by atoms with van der Waals surface area (Å²) in [4.78, 5) is 18.9. The highest BCUT2D eigenvalue weighted by Gasteiger charge is 2.45. The van der Waals surface area contributed by atoms with Gasteiger partial charge in [0.25, 0.3) is 0 Å². The SMILES string of the molecule is Cc1cc2ncnn2cc1C1CC2CCC(C1)N2C(=O)OC(C)(C)C. The molecule has 0 N–H and O–H groups in total. The number of nitrogens with zero attached hydrogens (tertiary/aromatic N) is 4. The van der Waals surface area contributed by atoms with E-state index >= 15 is 0 Å². The zero-order valence-corrected chi connectivity index (χ0v) is 15.4. The van der Waals surface area contributed by atoms with Crippen molar-refractivity contribution in [2.24, 2.45) is 0 Å². The van der Waals surface area contributed by atoms with Gasteiger partial charge in [0.05, 0.1) is 0 Å². The number of hydrogen-bond donors (Lipinski definition) is 0. The lowest BCUT2D eigenvalue weighted by atomic mass is 9.84. The summed E-state index contributed by atoms with van der Waals surface area (Å²) in [6.45, 7) is 7.93. The number of aryl methyl sites for hydroxylation is 1. The van der Waals surface area contributed by atoms with Gasteiger partial charge in [-0.3, -0.25) is 0 Å². The van der Waals surface area contributed by atoms with Crippen molar-refractivity contribution in [1.82, 2.24) is 19.5 Å². The van der Waals surface area contributed by atoms with Crippen LogP contribution >= 0.6 is 0 Å². The molecule has 2 aliphatic heterocycles. The second kappa shape index (κ2) is 5.71. The molecule has 0 spiro atoms. The van der Waals surface area contributed by atoms with E-state index < -0.39 is 5.60 Å². The number of piperidine rings is 1. The van der Waals surface area contributed by atoms with Crippen molar-refractivity contribution < 1.29 is 9.53 Å². The number of carbonyl (C=O) groups excluding carboxylic acids is 1. The van der Waals surface area contributed by atoms with Crippen LogP contribution in [0.2, 0.25) is 0 Å². The molecular weight excluding hydrogens is 316 g/mol. The van der Waals surface area contributed by atoms with Crippen LogP contribution in [0, 0.1) is 6.92 Å². The Kier molecular flexibility index (Phi) is 3.74. The maximum atomic E-state index is 12.6. The normalized spacial score (nSPS) is 26.2. The Morgan fingerprint density at radius 3 is 2.56 bits per heavy atom. The van der Waals surface area contributed by atoms with Crippen LogP contribution < -0.4 is 0 Å². The predicted octanol–water partition coefficient (Wildman–Crippen LogP) is 3.68. The van der Waals surface area contributed by atoms with Crippen molar-refractivity contribution in [3.63, 3.8) is 0 Å². The Bertz CT molecular complexity index is 793. The van der Waals surface area contributed by atoms with E-state index in [0.29, 0.717) is 5.92 Å². The number of ether oxygens (including phenoxy) is 1. The molecule has 0 radical (unpaired) electrons. The van der Waals surface area contributed by atoms with Gasteiger partial charge < -0.3 is 9.64 Å². The first-order chi connectivity index (χ1) is 11.8. The largest absolute Gasteiger partial charge is 0.444 e. The first-order valence-corrected chi connectivity index (χ1v) is 9.13. The molecule has 25 heavy (non-hydrogen) atoms. The molecular formula is C19H26N4O2. The van der Waals surface area contributed by atoms with E-state index in [0.717, 1.165) is 31.3 Å². The van der Waals surface area contributed by atoms with Crippen LogP contribution in [0.3, 0.4) is 0 Å². The molecule has 2 saturated heterocycles. The van der Waals surface area contributed by atoms with Crippen LogP contribution in [0.5, 0.6) is 0 Å². The summed E-state index contributed by atoms with van der Waals surface area (Å²) in [5.74, 6) is 0.463. The van der Waals surface area contributed by atoms with Gasteiger partial charge in [-0.1, -0.05) is 0 Å². The number of fused-ring (bicyclic) bond motifs is 3. The Morgan fingerprint density at radius 1 is 1.24 bits per heavy atom. The molecule has 0 aliphatic carbocycles. The van der Waals surface area contributed by atoms with Crippen molar-refractivity contribution in [3.05, 3.63) is 29.7 Å². The van der Waals surface area contributed by atoms with Gasteiger partial charge in [-0.2, -0.15) is 5.10 Å². The van der Waals surface area contributed by atoms with Crippen LogP contribution in [0.4, 0.5) is 4.79 Å². The molecule has 2 aromatic rings. The molecule has 134 valence electrons. The maximum Gasteiger partial charge on any atom is 0.410 e. The van der Waals surface area contributed by atoms with Gasteiger partial charge in [0, 0.05) is 18.3 Å². The smallest absolute Gasteiger partial charge is 0.410 e. The molecule has 0 saturated carbocycles. The zero-order chi connectivity index (χ0) is 17.8. The third kappa shape index (κ3) is 2.98. The summed E-state index contributed by atoms with van der Waals surface area (Å²) in [5.41, 5.74) is 3.03. The first kappa shape index (κ1) is 16.4. The zero-order valence-electron chi connectivity index (χ0n) is 15.4. The summed E-state index contributed by atoms with van der Waals surface area (Å²) in [5, 5.41) is 4.27. The summed E-state index contributed by atoms with van der Waals surface area (Å²) < 4.78 is 7.49. The van der Waals surface area contributed by atoms with Crippen molar-refractivity contribution in [1.29, 1.82) is 0 Å². The minimum atomic E-state index is -0.442. The van der Waals surface area contributed by atoms with Crippen LogP contribution in [0.25, 0.3) is 5.65 Å². The second-order valence-electron chi connectivity index (χ2n) is 8.42. The molecule has 0 aromatic carbocycles. The topological polar surface area (TPSA) is 59.7 Å². The molecule has 2 fully saturated rings. The number of aromatic nitrogens is 3. The average Bonchev–Trinajstić information content (AvgIpc) is 3.06. The summed E-state index contributed by atoms with van der Waals surface area (Å²) >= 11 is 0. The number of carbonyl (C=O) groups is 1. The van der Waals surface area contributed by atoms with Gasteiger partial charge in [0.2, 0.25) is 0 Å². The standard InChI is InChI=1S/C19H26N4O2/c1-12-7-17-20-11-21-22(17)10-16(12)13-8-14-5-6-15(9-13)23(14)18(24)25-19(2,3)4/h7,10-11,13-15H,5-6,8-9H2,1-4H3. The quantitative estimate of drug-likeness (QED) is 0.793. The van der Waals surface area contributed by atoms with Crippen molar-refractivity contribution in [3.8, 4) is 0 Å². The van der Waals surface area contributed by atoms with Crippen molar-refractivity contribution in [2.75, 3.05) is 0 Å². The van der Waals surface area contributed by atoms with Gasteiger partial charge in [-0.25, -0.2) is 14.3 Å². The summed E-state index contributed by atoms with van der Waals surface area (Å²) in [6.07, 6.45) is 7.70. The Hall–Kier alpha value is -2.11. The van der Waals surface area contributed by atoms with Crippen LogP contribution in [0.1, 0.15) is 63.5 Å². The predicted molar refractivity (Wildman–Crippen MR) is 94.6 cm³/mol. The molecule has 4 rings (SSSR count). The van der Waals surface area contributed by atoms with E-state index in [9.17, 15) is 4.79 Å². The van der Waals surface area contributed by atoms with Gasteiger partial charge in [0.15, 0.2) is 5.65 Å². The van der Waals surface area contributed by atoms with E-state index in [1.54, 1.807) is 6.33 Å². The first-order valence-electron chi connectivity index (χ1n) is 9.13. The van der Waals surface area contributed by atoms with Gasteiger partial charge in [-0.15, -0.1) is 0 Å². The molecule has 2 bridgehead atoms. The lowest BCUT2D eigenvalue weighted by Gasteiger charge is -2.40. The minimum absolute atomic E-state index is 0.151. The summed E-state index contributed by atoms with van der Waals surface area (Å²) in [6, 6.07) is 2.67. The fraction of sp³-hybridized carbons (Fsp3) is 0.632. The highest BCUT2D eigenvalue weighted by atomic mass is 16.6. The average molecular weight is 342 g/mol. The molecule has 6 heteroatoms. The molecule has 2 atom stereocenters. The van der Waals surface area contributed by atoms with E-state index in [-0.39, 0.29) is 18.2 Å². The maximum absolute atomic E-state index is 12.6. The lowest BCUT2D eigenvalue weighted by molar-refractivity contribution is 0.00582. The Balaban J connectivity index is 1.56. The third-order valence-electron chi connectivity index (χ3n) is 5.44. The van der Waals surface area contributed by atoms with E-state index in [1.165, 1.54) is 11.1 Å². The van der Waals surface area contributed by atoms with Crippen molar-refractivity contribution in [2.45, 2.75) is 77.0 Å². The van der Waals surface area contributed by atoms with Gasteiger partial charge in [-0.05, 0) is 76.5 Å². The third-order valence-corrected chi connectivity index (χ3v) is 5.44. The summed E-state index contributed by atoms with van der Waals surface area (Å²) in [7, 11) is 0. The molecule has 2 aromatic heterocycles. The minimum Gasteiger partial charge on any atom is -0.444 e. The Labute approximate surface area is 148 Å². The van der Waals surface area contributed by atoms with Crippen LogP contribution in [-0.2, 0) is 4.74 Å². The van der Waals surface area contributed by atoms with Gasteiger partial charge in [0.1, 0.15) is 11.9 Å². The number of amides is 1. The molecule has 1 amide bonds. The van der Waals surface area contributed by atoms with Crippen LogP contribution in [0.15, 0.2) is 18.6 Å². The molecule has 4 heterocycles. The second-order valence-corrected chi connectivity index (χ2v) is 8.42. The fourth-order valence-corrected chi connectivity index (χ4v) is 4.44. The molecule has 2 unspecified atom stereocenters. The van der Waals surface area contributed by atoms with E-state index in [2.05, 4.69) is 29.3 Å². The number of pyridine rings is 1. The van der Waals surface area contributed by atoms with E-state index in [4.69, 9.17) is 4.74 Å². The molecule has 6 nitrogen and oxygen atoms in total. The number of rotatable bonds is 1.